The average Bonchev–Trinajstić information content (AvgIpc) is 2.53. The Bertz CT molecular complexity index is 909. The highest BCUT2D eigenvalue weighted by Crippen LogP contribution is 2.24. The summed E-state index contributed by atoms with van der Waals surface area (Å²) in [6, 6.07) is 6.77. The number of hydrogen-bond acceptors (Lipinski definition) is 0. The van der Waals surface area contributed by atoms with Gasteiger partial charge in [-0.25, -0.2) is 4.57 Å². The molecule has 18 heavy (non-hydrogen) atoms. The van der Waals surface area contributed by atoms with E-state index in [1.54, 1.807) is 14.0 Å². The van der Waals surface area contributed by atoms with Crippen LogP contribution in [0.2, 0.25) is 0 Å². The van der Waals surface area contributed by atoms with E-state index in [2.05, 4.69) is 0 Å². The topological polar surface area (TPSA) is 3.88 Å². The molecule has 0 N–H and O–H groups in total. The second-order valence-electron chi connectivity index (χ2n) is 4.22. The lowest BCUT2D eigenvalue weighted by molar-refractivity contribution is -0.660. The first-order valence-electron chi connectivity index (χ1n) is 11.0. The van der Waals surface area contributed by atoms with Crippen LogP contribution in [-0.4, -0.2) is 0 Å². The van der Waals surface area contributed by atoms with E-state index in [0.29, 0.717) is 16.8 Å². The molecule has 0 saturated carbocycles. The third kappa shape index (κ3) is 2.45. The molecule has 0 fully saturated rings. The molecule has 0 bridgehead atoms. The molecular formula is C17H22N+. The number of aromatic nitrogens is 1. The maximum absolute atomic E-state index is 8.37. The average molecular weight is 251 g/mol. The van der Waals surface area contributed by atoms with E-state index in [1.807, 2.05) is 0 Å². The Morgan fingerprint density at radius 3 is 2.78 bits per heavy atom. The van der Waals surface area contributed by atoms with Crippen LogP contribution in [0.25, 0.3) is 11.3 Å². The van der Waals surface area contributed by atoms with Crippen LogP contribution >= 0.6 is 0 Å². The molecule has 2 aromatic rings. The Kier molecular flexibility index (Phi) is 1.32. The van der Waals surface area contributed by atoms with Crippen molar-refractivity contribution < 1.29 is 19.6 Å². The fourth-order valence-corrected chi connectivity index (χ4v) is 1.88. The van der Waals surface area contributed by atoms with Crippen LogP contribution in [0.5, 0.6) is 0 Å². The summed E-state index contributed by atoms with van der Waals surface area (Å²) in [7, 11) is 1.55. The normalized spacial score (nSPS) is 22.7. The van der Waals surface area contributed by atoms with Gasteiger partial charge in [0.25, 0.3) is 0 Å². The van der Waals surface area contributed by atoms with E-state index in [-0.39, 0.29) is 17.3 Å². The Balaban J connectivity index is 2.80. The fraction of sp³-hybridized carbons (Fsp3) is 0.353. The van der Waals surface area contributed by atoms with Crippen molar-refractivity contribution in [2.45, 2.75) is 33.4 Å². The molecule has 1 aromatic carbocycles. The van der Waals surface area contributed by atoms with Crippen molar-refractivity contribution in [2.24, 2.45) is 7.05 Å². The van der Waals surface area contributed by atoms with Crippen molar-refractivity contribution in [1.82, 2.24) is 0 Å². The maximum atomic E-state index is 8.37. The van der Waals surface area contributed by atoms with Gasteiger partial charge in [0.2, 0.25) is 5.69 Å². The number of rotatable bonds is 2. The zero-order valence-electron chi connectivity index (χ0n) is 21.3. The van der Waals surface area contributed by atoms with Crippen molar-refractivity contribution in [3.63, 3.8) is 0 Å². The van der Waals surface area contributed by atoms with Crippen molar-refractivity contribution in [2.75, 3.05) is 0 Å². The summed E-state index contributed by atoms with van der Waals surface area (Å²) in [6.07, 6.45) is -0.179. The summed E-state index contributed by atoms with van der Waals surface area (Å²) >= 11 is 0. The van der Waals surface area contributed by atoms with Crippen molar-refractivity contribution in [1.29, 1.82) is 0 Å². The molecule has 0 unspecified atom stereocenters. The molecule has 0 radical (unpaired) electrons. The summed E-state index contributed by atoms with van der Waals surface area (Å²) in [6.45, 7) is -6.96. The predicted molar refractivity (Wildman–Crippen MR) is 76.6 cm³/mol. The molecule has 2 rings (SSSR count). The monoisotopic (exact) mass is 251 g/mol. The highest BCUT2D eigenvalue weighted by atomic mass is 14.9. The van der Waals surface area contributed by atoms with Gasteiger partial charge >= 0.3 is 0 Å². The van der Waals surface area contributed by atoms with Gasteiger partial charge in [-0.2, -0.15) is 0 Å². The van der Waals surface area contributed by atoms with Crippen LogP contribution in [0.15, 0.2) is 36.5 Å². The van der Waals surface area contributed by atoms with Gasteiger partial charge in [0.15, 0.2) is 6.17 Å². The summed E-state index contributed by atoms with van der Waals surface area (Å²) in [5.74, 6) is -2.93. The van der Waals surface area contributed by atoms with Crippen LogP contribution in [-0.2, 0) is 7.05 Å². The minimum atomic E-state index is -3.16. The van der Waals surface area contributed by atoms with Crippen LogP contribution in [0.3, 0.4) is 0 Å². The molecule has 1 nitrogen and oxygen atoms in total. The van der Waals surface area contributed by atoms with Gasteiger partial charge in [-0.3, -0.25) is 0 Å². The molecular weight excluding hydrogens is 218 g/mol. The molecule has 1 aromatic heterocycles. The van der Waals surface area contributed by atoms with Crippen LogP contribution in [0, 0.1) is 13.8 Å². The fourth-order valence-electron chi connectivity index (χ4n) is 1.88. The van der Waals surface area contributed by atoms with Gasteiger partial charge in [0, 0.05) is 31.4 Å². The SMILES string of the molecule is [2H]c1cc(C([2H])(C([2H])([2H])[2H])C([2H])([2H])[2H])cc(-c2ccc(C([2H])([2H])[2H])cc2C)[n+]1C. The van der Waals surface area contributed by atoms with E-state index in [9.17, 15) is 0 Å². The predicted octanol–water partition coefficient (Wildman–Crippen LogP) is 3.92. The Hall–Kier alpha value is -1.63. The van der Waals surface area contributed by atoms with Crippen molar-refractivity contribution >= 4 is 0 Å². The number of nitrogens with zero attached hydrogens (tertiary/aromatic N) is 1. The zero-order valence-corrected chi connectivity index (χ0v) is 10.3. The van der Waals surface area contributed by atoms with Gasteiger partial charge in [0.1, 0.15) is 8.42 Å². The first-order valence-corrected chi connectivity index (χ1v) is 5.54. The minimum Gasteiger partial charge on any atom is -0.201 e. The zero-order chi connectivity index (χ0) is 22.6. The second kappa shape index (κ2) is 4.93. The molecule has 0 amide bonds. The molecule has 1 heteroatoms. The maximum Gasteiger partial charge on any atom is 0.212 e. The Morgan fingerprint density at radius 2 is 2.11 bits per heavy atom. The van der Waals surface area contributed by atoms with Crippen LogP contribution < -0.4 is 4.57 Å². The number of pyridine rings is 1. The lowest BCUT2D eigenvalue weighted by Crippen LogP contribution is -2.30. The molecule has 1 heterocycles. The largest absolute Gasteiger partial charge is 0.212 e. The first kappa shape index (κ1) is 4.80. The van der Waals surface area contributed by atoms with Gasteiger partial charge in [-0.05, 0) is 36.9 Å². The lowest BCUT2D eigenvalue weighted by atomic mass is 9.98. The van der Waals surface area contributed by atoms with Crippen molar-refractivity contribution in [3.8, 4) is 11.3 Å². The standard InChI is InChI=1S/C17H22N/c1-12(2)15-8-9-18(5)17(11-15)16-7-6-13(3)10-14(16)4/h6-12H,1-5H3/q+1/i1D3,2D3,3D3,9D,12D. The minimum absolute atomic E-state index is 0.128. The molecule has 0 atom stereocenters. The van der Waals surface area contributed by atoms with E-state index < -0.39 is 26.4 Å². The van der Waals surface area contributed by atoms with Gasteiger partial charge < -0.3 is 0 Å². The highest BCUT2D eigenvalue weighted by Gasteiger charge is 2.14. The first-order chi connectivity index (χ1) is 12.9. The Labute approximate surface area is 126 Å². The van der Waals surface area contributed by atoms with Gasteiger partial charge in [-0.1, -0.05) is 31.4 Å². The molecule has 0 aliphatic rings. The van der Waals surface area contributed by atoms with Gasteiger partial charge in [0.05, 0.1) is 0 Å². The smallest absolute Gasteiger partial charge is 0.201 e. The second-order valence-corrected chi connectivity index (χ2v) is 4.22. The summed E-state index contributed by atoms with van der Waals surface area (Å²) in [4.78, 5) is 0. The van der Waals surface area contributed by atoms with Gasteiger partial charge in [-0.15, -0.1) is 0 Å². The Morgan fingerprint density at radius 1 is 1.28 bits per heavy atom. The van der Waals surface area contributed by atoms with Crippen molar-refractivity contribution in [3.05, 3.63) is 53.2 Å². The molecule has 0 aliphatic carbocycles. The van der Waals surface area contributed by atoms with Crippen LogP contribution in [0.1, 0.15) is 51.4 Å². The third-order valence-electron chi connectivity index (χ3n) is 2.86. The van der Waals surface area contributed by atoms with E-state index in [4.69, 9.17) is 15.1 Å². The molecule has 0 spiro atoms. The number of hydrogen-bond donors (Lipinski definition) is 0. The number of benzene rings is 1. The number of aryl methyl sites for hydroxylation is 2. The summed E-state index contributed by atoms with van der Waals surface area (Å²) < 4.78 is 86.6. The summed E-state index contributed by atoms with van der Waals surface area (Å²) in [5, 5.41) is 0. The lowest BCUT2D eigenvalue weighted by Gasteiger charge is -2.09. The molecule has 0 saturated heterocycles. The van der Waals surface area contributed by atoms with Crippen LogP contribution in [0.4, 0.5) is 0 Å². The van der Waals surface area contributed by atoms with E-state index in [1.165, 1.54) is 28.8 Å². The highest BCUT2D eigenvalue weighted by molar-refractivity contribution is 5.62. The quantitative estimate of drug-likeness (QED) is 0.712. The molecule has 0 aliphatic heterocycles. The third-order valence-corrected chi connectivity index (χ3v) is 2.86. The molecule has 94 valence electrons. The van der Waals surface area contributed by atoms with E-state index in [0.717, 1.165) is 6.07 Å². The van der Waals surface area contributed by atoms with E-state index >= 15 is 0 Å². The summed E-state index contributed by atoms with van der Waals surface area (Å²) in [5.41, 5.74) is 1.18.